The van der Waals surface area contributed by atoms with E-state index in [1.54, 1.807) is 0 Å². The van der Waals surface area contributed by atoms with Crippen LogP contribution < -0.4 is 0 Å². The first-order chi connectivity index (χ1) is 8.18. The van der Waals surface area contributed by atoms with Crippen molar-refractivity contribution >= 4 is 47.0 Å². The minimum absolute atomic E-state index is 0.243. The number of hydrogen-bond acceptors (Lipinski definition) is 4. The first-order valence-corrected chi connectivity index (χ1v) is 7.55. The molecule has 0 atom stereocenters. The molecule has 0 aliphatic carbocycles. The Morgan fingerprint density at radius 2 is 1.00 bits per heavy atom. The van der Waals surface area contributed by atoms with E-state index in [0.717, 1.165) is 34.3 Å². The van der Waals surface area contributed by atoms with Crippen molar-refractivity contribution in [1.82, 2.24) is 0 Å². The van der Waals surface area contributed by atoms with Gasteiger partial charge >= 0.3 is 12.4 Å². The Morgan fingerprint density at radius 1 is 0.667 bits per heavy atom. The normalized spacial score (nSPS) is 25.4. The number of hydrogen-bond donors (Lipinski definition) is 0. The second-order valence-corrected chi connectivity index (χ2v) is 7.36. The Labute approximate surface area is 115 Å². The lowest BCUT2D eigenvalue weighted by molar-refractivity contribution is -0.0842. The fourth-order valence-corrected chi connectivity index (χ4v) is 5.59. The highest BCUT2D eigenvalue weighted by atomic mass is 32.2. The summed E-state index contributed by atoms with van der Waals surface area (Å²) in [5.74, 6) is 0. The molecule has 0 radical (unpaired) electrons. The molecule has 0 aromatic carbocycles. The zero-order valence-corrected chi connectivity index (χ0v) is 11.3. The second kappa shape index (κ2) is 4.95. The molecule has 18 heavy (non-hydrogen) atoms. The highest BCUT2D eigenvalue weighted by Crippen LogP contribution is 2.59. The van der Waals surface area contributed by atoms with Gasteiger partial charge < -0.3 is 0 Å². The average Bonchev–Trinajstić information content (AvgIpc) is 2.84. The molecule has 10 heteroatoms. The molecule has 0 saturated carbocycles. The topological polar surface area (TPSA) is 0 Å². The van der Waals surface area contributed by atoms with Gasteiger partial charge in [-0.15, -0.1) is 0 Å². The molecule has 0 fully saturated rings. The lowest BCUT2D eigenvalue weighted by Gasteiger charge is -2.07. The lowest BCUT2D eigenvalue weighted by Crippen LogP contribution is -2.07. The SMILES string of the molecule is FC(F)(F)C1=CS/C(=C2/SC=C(C(F)(F)F)S2)S1. The molecule has 0 aromatic rings. The summed E-state index contributed by atoms with van der Waals surface area (Å²) in [4.78, 5) is -1.59. The van der Waals surface area contributed by atoms with Gasteiger partial charge in [0, 0.05) is 0 Å². The summed E-state index contributed by atoms with van der Waals surface area (Å²) in [6, 6.07) is 0. The molecule has 0 saturated heterocycles. The van der Waals surface area contributed by atoms with Gasteiger partial charge in [0.15, 0.2) is 0 Å². The summed E-state index contributed by atoms with van der Waals surface area (Å²) in [7, 11) is 0. The molecule has 0 bridgehead atoms. The van der Waals surface area contributed by atoms with E-state index in [1.165, 1.54) is 0 Å². The van der Waals surface area contributed by atoms with Crippen LogP contribution in [0.2, 0.25) is 0 Å². The zero-order valence-electron chi connectivity index (χ0n) is 8.06. The third kappa shape index (κ3) is 3.20. The summed E-state index contributed by atoms with van der Waals surface area (Å²) >= 11 is 2.54. The van der Waals surface area contributed by atoms with E-state index in [-0.39, 0.29) is 8.47 Å². The highest BCUT2D eigenvalue weighted by molar-refractivity contribution is 8.33. The largest absolute Gasteiger partial charge is 0.423 e. The standard InChI is InChI=1S/C8H2F6S4/c9-7(10,11)3-1-15-5(17-3)6-16-2-4(18-6)8(12,13)14/h1-2H/b6-5+. The van der Waals surface area contributed by atoms with Crippen LogP contribution in [0.1, 0.15) is 0 Å². The maximum atomic E-state index is 12.4. The van der Waals surface area contributed by atoms with Crippen LogP contribution >= 0.6 is 47.0 Å². The van der Waals surface area contributed by atoms with Crippen LogP contribution in [0.5, 0.6) is 0 Å². The molecule has 0 N–H and O–H groups in total. The Morgan fingerprint density at radius 3 is 1.22 bits per heavy atom. The molecule has 100 valence electrons. The quantitative estimate of drug-likeness (QED) is 0.505. The maximum Gasteiger partial charge on any atom is 0.423 e. The van der Waals surface area contributed by atoms with Crippen molar-refractivity contribution in [3.63, 3.8) is 0 Å². The third-order valence-electron chi connectivity index (χ3n) is 1.68. The van der Waals surface area contributed by atoms with E-state index in [4.69, 9.17) is 0 Å². The third-order valence-corrected chi connectivity index (χ3v) is 7.03. The first kappa shape index (κ1) is 14.6. The monoisotopic (exact) mass is 340 g/mol. The van der Waals surface area contributed by atoms with Crippen LogP contribution in [-0.4, -0.2) is 12.4 Å². The Kier molecular flexibility index (Phi) is 4.02. The molecule has 2 aliphatic rings. The molecule has 0 spiro atoms. The van der Waals surface area contributed by atoms with E-state index in [2.05, 4.69) is 0 Å². The van der Waals surface area contributed by atoms with Gasteiger partial charge in [-0.3, -0.25) is 0 Å². The van der Waals surface area contributed by atoms with E-state index < -0.39 is 22.2 Å². The van der Waals surface area contributed by atoms with Crippen molar-refractivity contribution < 1.29 is 26.3 Å². The van der Waals surface area contributed by atoms with Crippen molar-refractivity contribution in [3.05, 3.63) is 29.1 Å². The minimum Gasteiger partial charge on any atom is -0.166 e. The summed E-state index contributed by atoms with van der Waals surface area (Å²) in [5, 5.41) is 1.83. The van der Waals surface area contributed by atoms with Crippen molar-refractivity contribution in [2.24, 2.45) is 0 Å². The molecule has 0 nitrogen and oxygen atoms in total. The van der Waals surface area contributed by atoms with Crippen molar-refractivity contribution in [2.45, 2.75) is 12.4 Å². The first-order valence-electron chi connectivity index (χ1n) is 4.16. The number of alkyl halides is 6. The van der Waals surface area contributed by atoms with Crippen molar-refractivity contribution in [3.8, 4) is 0 Å². The maximum absolute atomic E-state index is 12.4. The summed E-state index contributed by atoms with van der Waals surface area (Å²) < 4.78 is 74.6. The summed E-state index contributed by atoms with van der Waals surface area (Å²) in [6.07, 6.45) is -8.90. The van der Waals surface area contributed by atoms with Gasteiger partial charge in [-0.1, -0.05) is 47.0 Å². The van der Waals surface area contributed by atoms with Gasteiger partial charge in [0.25, 0.3) is 0 Å². The lowest BCUT2D eigenvalue weighted by atomic mass is 10.6. The summed E-state index contributed by atoms with van der Waals surface area (Å²) in [5.41, 5.74) is 0. The molecule has 0 aromatic heterocycles. The van der Waals surface area contributed by atoms with Crippen LogP contribution in [0.15, 0.2) is 29.1 Å². The van der Waals surface area contributed by atoms with Gasteiger partial charge in [0.05, 0.1) is 8.47 Å². The number of thioether (sulfide) groups is 4. The predicted molar refractivity (Wildman–Crippen MR) is 65.7 cm³/mol. The van der Waals surface area contributed by atoms with Crippen molar-refractivity contribution in [1.29, 1.82) is 0 Å². The van der Waals surface area contributed by atoms with Crippen molar-refractivity contribution in [2.75, 3.05) is 0 Å². The van der Waals surface area contributed by atoms with Crippen LogP contribution in [-0.2, 0) is 0 Å². The van der Waals surface area contributed by atoms with Gasteiger partial charge in [-0.05, 0) is 10.8 Å². The van der Waals surface area contributed by atoms with E-state index in [9.17, 15) is 26.3 Å². The van der Waals surface area contributed by atoms with E-state index in [0.29, 0.717) is 23.5 Å². The van der Waals surface area contributed by atoms with Gasteiger partial charge in [0.1, 0.15) is 9.81 Å². The number of rotatable bonds is 0. The Hall–Kier alpha value is 0.200. The summed E-state index contributed by atoms with van der Waals surface area (Å²) in [6.45, 7) is 0. The molecule has 0 unspecified atom stereocenters. The predicted octanol–water partition coefficient (Wildman–Crippen LogP) is 5.88. The van der Waals surface area contributed by atoms with Crippen LogP contribution in [0.3, 0.4) is 0 Å². The molecule has 2 rings (SSSR count). The number of halogens is 6. The van der Waals surface area contributed by atoms with Crippen LogP contribution in [0, 0.1) is 0 Å². The zero-order chi connectivity index (χ0) is 13.6. The van der Waals surface area contributed by atoms with E-state index in [1.807, 2.05) is 0 Å². The highest BCUT2D eigenvalue weighted by Gasteiger charge is 2.41. The molecule has 2 heterocycles. The van der Waals surface area contributed by atoms with Gasteiger partial charge in [-0.2, -0.15) is 26.3 Å². The number of allylic oxidation sites excluding steroid dienone is 2. The van der Waals surface area contributed by atoms with Crippen LogP contribution in [0.25, 0.3) is 0 Å². The fourth-order valence-electron chi connectivity index (χ4n) is 0.939. The average molecular weight is 340 g/mol. The molecular formula is C8H2F6S4. The van der Waals surface area contributed by atoms with Crippen LogP contribution in [0.4, 0.5) is 26.3 Å². The second-order valence-electron chi connectivity index (χ2n) is 2.97. The Bertz CT molecular complexity index is 413. The van der Waals surface area contributed by atoms with Gasteiger partial charge in [-0.25, -0.2) is 0 Å². The minimum atomic E-state index is -4.45. The van der Waals surface area contributed by atoms with E-state index >= 15 is 0 Å². The Balaban J connectivity index is 2.07. The smallest absolute Gasteiger partial charge is 0.166 e. The van der Waals surface area contributed by atoms with Gasteiger partial charge in [0.2, 0.25) is 0 Å². The molecule has 2 aliphatic heterocycles. The molecular weight excluding hydrogens is 338 g/mol. The molecule has 0 amide bonds. The fraction of sp³-hybridized carbons (Fsp3) is 0.250.